The summed E-state index contributed by atoms with van der Waals surface area (Å²) in [6.07, 6.45) is 1.36. The third-order valence-corrected chi connectivity index (χ3v) is 4.32. The first-order chi connectivity index (χ1) is 10.4. The summed E-state index contributed by atoms with van der Waals surface area (Å²) in [6.45, 7) is 3.07. The lowest BCUT2D eigenvalue weighted by molar-refractivity contribution is -0.149. The van der Waals surface area contributed by atoms with Crippen molar-refractivity contribution in [1.82, 2.24) is 4.90 Å². The molecule has 7 heteroatoms. The van der Waals surface area contributed by atoms with E-state index in [2.05, 4.69) is 22.6 Å². The summed E-state index contributed by atoms with van der Waals surface area (Å²) in [5, 5.41) is -0.456. The molecule has 0 aromatic heterocycles. The van der Waals surface area contributed by atoms with Crippen LogP contribution in [0.5, 0.6) is 0 Å². The molecule has 1 aliphatic heterocycles. The van der Waals surface area contributed by atoms with Crippen LogP contribution < -0.4 is 0 Å². The quantitative estimate of drug-likeness (QED) is 0.416. The first-order valence-corrected chi connectivity index (χ1v) is 8.47. The van der Waals surface area contributed by atoms with E-state index in [1.807, 2.05) is 24.3 Å². The van der Waals surface area contributed by atoms with E-state index in [0.717, 1.165) is 25.8 Å². The van der Waals surface area contributed by atoms with Gasteiger partial charge in [0, 0.05) is 3.57 Å². The standard InChI is InChI=1S/C15H14INO4S/c1-9(2)21-13(18)8-17-14(19)12(22-15(17)20)7-10-3-5-11(16)6-4-10/h3-7,9H,8H2,1-2H3. The minimum atomic E-state index is -0.590. The number of hydrogen-bond acceptors (Lipinski definition) is 5. The number of halogens is 1. The van der Waals surface area contributed by atoms with Crippen molar-refractivity contribution in [2.24, 2.45) is 0 Å². The van der Waals surface area contributed by atoms with Crippen LogP contribution in [0.3, 0.4) is 0 Å². The van der Waals surface area contributed by atoms with E-state index in [9.17, 15) is 14.4 Å². The van der Waals surface area contributed by atoms with Gasteiger partial charge in [0.25, 0.3) is 11.1 Å². The summed E-state index contributed by atoms with van der Waals surface area (Å²) in [4.78, 5) is 36.9. The van der Waals surface area contributed by atoms with Crippen LogP contribution in [0.4, 0.5) is 4.79 Å². The molecular formula is C15H14INO4S. The average Bonchev–Trinajstić information content (AvgIpc) is 2.68. The van der Waals surface area contributed by atoms with Crippen LogP contribution in [0.1, 0.15) is 19.4 Å². The molecule has 0 bridgehead atoms. The topological polar surface area (TPSA) is 63.7 Å². The molecule has 0 aliphatic carbocycles. The SMILES string of the molecule is CC(C)OC(=O)CN1C(=O)SC(=Cc2ccc(I)cc2)C1=O. The molecule has 1 aromatic carbocycles. The van der Waals surface area contributed by atoms with Gasteiger partial charge < -0.3 is 4.74 Å². The fourth-order valence-electron chi connectivity index (χ4n) is 1.78. The number of thioether (sulfide) groups is 1. The zero-order valence-corrected chi connectivity index (χ0v) is 15.0. The molecule has 1 aliphatic rings. The van der Waals surface area contributed by atoms with E-state index in [-0.39, 0.29) is 12.6 Å². The number of carbonyl (C=O) groups is 3. The van der Waals surface area contributed by atoms with E-state index < -0.39 is 17.1 Å². The molecule has 1 heterocycles. The Labute approximate surface area is 146 Å². The molecule has 0 spiro atoms. The van der Waals surface area contributed by atoms with Crippen LogP contribution >= 0.6 is 34.4 Å². The first-order valence-electron chi connectivity index (χ1n) is 6.57. The molecule has 1 fully saturated rings. The predicted octanol–water partition coefficient (Wildman–Crippen LogP) is 3.28. The summed E-state index contributed by atoms with van der Waals surface area (Å²) >= 11 is 3.02. The fourth-order valence-corrected chi connectivity index (χ4v) is 2.97. The maximum Gasteiger partial charge on any atom is 0.326 e. The number of hydrogen-bond donors (Lipinski definition) is 0. The van der Waals surface area contributed by atoms with Gasteiger partial charge >= 0.3 is 5.97 Å². The maximum absolute atomic E-state index is 12.2. The molecular weight excluding hydrogens is 417 g/mol. The Morgan fingerprint density at radius 1 is 1.32 bits per heavy atom. The van der Waals surface area contributed by atoms with Gasteiger partial charge in [-0.3, -0.25) is 19.3 Å². The molecule has 2 rings (SSSR count). The monoisotopic (exact) mass is 431 g/mol. The van der Waals surface area contributed by atoms with Gasteiger partial charge in [0.2, 0.25) is 0 Å². The highest BCUT2D eigenvalue weighted by atomic mass is 127. The largest absolute Gasteiger partial charge is 0.462 e. The van der Waals surface area contributed by atoms with Crippen molar-refractivity contribution in [3.8, 4) is 0 Å². The van der Waals surface area contributed by atoms with Crippen molar-refractivity contribution in [3.63, 3.8) is 0 Å². The number of imide groups is 1. The highest BCUT2D eigenvalue weighted by Gasteiger charge is 2.36. The number of nitrogens with zero attached hydrogens (tertiary/aromatic N) is 1. The predicted molar refractivity (Wildman–Crippen MR) is 93.1 cm³/mol. The van der Waals surface area contributed by atoms with Gasteiger partial charge in [-0.2, -0.15) is 0 Å². The first kappa shape index (κ1) is 17.0. The Morgan fingerprint density at radius 2 is 1.95 bits per heavy atom. The van der Waals surface area contributed by atoms with Gasteiger partial charge in [-0.1, -0.05) is 12.1 Å². The maximum atomic E-state index is 12.2. The fraction of sp³-hybridized carbons (Fsp3) is 0.267. The molecule has 0 saturated carbocycles. The smallest absolute Gasteiger partial charge is 0.326 e. The number of ether oxygens (including phenoxy) is 1. The molecule has 0 atom stereocenters. The summed E-state index contributed by atoms with van der Waals surface area (Å²) < 4.78 is 6.04. The Bertz CT molecular complexity index is 639. The summed E-state index contributed by atoms with van der Waals surface area (Å²) in [5.74, 6) is -1.05. The summed E-state index contributed by atoms with van der Waals surface area (Å²) in [6, 6.07) is 7.55. The van der Waals surface area contributed by atoms with Crippen LogP contribution in [0.2, 0.25) is 0 Å². The Morgan fingerprint density at radius 3 is 2.55 bits per heavy atom. The van der Waals surface area contributed by atoms with Gasteiger partial charge in [-0.15, -0.1) is 0 Å². The van der Waals surface area contributed by atoms with E-state index >= 15 is 0 Å². The van der Waals surface area contributed by atoms with E-state index in [0.29, 0.717) is 4.91 Å². The molecule has 116 valence electrons. The van der Waals surface area contributed by atoms with Crippen molar-refractivity contribution in [2.75, 3.05) is 6.54 Å². The van der Waals surface area contributed by atoms with Crippen molar-refractivity contribution in [3.05, 3.63) is 38.3 Å². The van der Waals surface area contributed by atoms with Gasteiger partial charge in [0.05, 0.1) is 11.0 Å². The van der Waals surface area contributed by atoms with Crippen LogP contribution in [0.25, 0.3) is 6.08 Å². The minimum Gasteiger partial charge on any atom is -0.462 e. The molecule has 2 amide bonds. The summed E-state index contributed by atoms with van der Waals surface area (Å²) in [5.41, 5.74) is 0.829. The number of rotatable bonds is 4. The molecule has 5 nitrogen and oxygen atoms in total. The summed E-state index contributed by atoms with van der Waals surface area (Å²) in [7, 11) is 0. The van der Waals surface area contributed by atoms with Gasteiger partial charge in [-0.05, 0) is 72.0 Å². The number of carbonyl (C=O) groups excluding carboxylic acids is 3. The number of benzene rings is 1. The zero-order valence-electron chi connectivity index (χ0n) is 12.0. The Kier molecular flexibility index (Phi) is 5.63. The van der Waals surface area contributed by atoms with Gasteiger partial charge in [0.15, 0.2) is 0 Å². The highest BCUT2D eigenvalue weighted by molar-refractivity contribution is 14.1. The Hall–Kier alpha value is -1.35. The number of amides is 2. The minimum absolute atomic E-state index is 0.283. The van der Waals surface area contributed by atoms with Crippen molar-refractivity contribution < 1.29 is 19.1 Å². The lowest BCUT2D eigenvalue weighted by atomic mass is 10.2. The van der Waals surface area contributed by atoms with E-state index in [4.69, 9.17) is 4.74 Å². The lowest BCUT2D eigenvalue weighted by Gasteiger charge is -2.13. The normalized spacial score (nSPS) is 16.7. The van der Waals surface area contributed by atoms with Crippen molar-refractivity contribution in [2.45, 2.75) is 20.0 Å². The molecule has 0 radical (unpaired) electrons. The Balaban J connectivity index is 2.11. The zero-order chi connectivity index (χ0) is 16.3. The second-order valence-electron chi connectivity index (χ2n) is 4.86. The third-order valence-electron chi connectivity index (χ3n) is 2.70. The van der Waals surface area contributed by atoms with Crippen molar-refractivity contribution >= 4 is 57.5 Å². The lowest BCUT2D eigenvalue weighted by Crippen LogP contribution is -2.35. The van der Waals surface area contributed by atoms with Crippen LogP contribution in [-0.4, -0.2) is 34.7 Å². The van der Waals surface area contributed by atoms with Crippen LogP contribution in [-0.2, 0) is 14.3 Å². The molecule has 0 N–H and O–H groups in total. The van der Waals surface area contributed by atoms with Gasteiger partial charge in [-0.25, -0.2) is 0 Å². The highest BCUT2D eigenvalue weighted by Crippen LogP contribution is 2.32. The van der Waals surface area contributed by atoms with Crippen LogP contribution in [0.15, 0.2) is 29.2 Å². The second kappa shape index (κ2) is 7.28. The average molecular weight is 431 g/mol. The van der Waals surface area contributed by atoms with E-state index in [1.54, 1.807) is 19.9 Å². The number of esters is 1. The van der Waals surface area contributed by atoms with Gasteiger partial charge in [0.1, 0.15) is 6.54 Å². The van der Waals surface area contributed by atoms with E-state index in [1.165, 1.54) is 0 Å². The molecule has 1 saturated heterocycles. The van der Waals surface area contributed by atoms with Crippen molar-refractivity contribution in [1.29, 1.82) is 0 Å². The van der Waals surface area contributed by atoms with Crippen LogP contribution in [0, 0.1) is 3.57 Å². The molecule has 1 aromatic rings. The second-order valence-corrected chi connectivity index (χ2v) is 7.10. The molecule has 0 unspecified atom stereocenters. The third kappa shape index (κ3) is 4.33. The molecule has 22 heavy (non-hydrogen) atoms.